The monoisotopic (exact) mass is 484 g/mol. The summed E-state index contributed by atoms with van der Waals surface area (Å²) in [6.07, 6.45) is 1.31. The number of carboxylic acids is 1. The van der Waals surface area contributed by atoms with Crippen LogP contribution in [0.2, 0.25) is 0 Å². The quantitative estimate of drug-likeness (QED) is 0.373. The Hall–Kier alpha value is -3.46. The van der Waals surface area contributed by atoms with E-state index >= 15 is 0 Å². The molecule has 0 spiro atoms. The Morgan fingerprint density at radius 2 is 1.68 bits per heavy atom. The first kappa shape index (κ1) is 25.2. The van der Waals surface area contributed by atoms with Gasteiger partial charge >= 0.3 is 5.97 Å². The fourth-order valence-electron chi connectivity index (χ4n) is 3.66. The number of hydrogen-bond acceptors (Lipinski definition) is 8. The van der Waals surface area contributed by atoms with E-state index in [1.807, 2.05) is 32.0 Å². The number of nitrogens with zero attached hydrogens (tertiary/aromatic N) is 2. The molecule has 34 heavy (non-hydrogen) atoms. The molecule has 0 fully saturated rings. The van der Waals surface area contributed by atoms with E-state index in [4.69, 9.17) is 14.2 Å². The highest BCUT2D eigenvalue weighted by Gasteiger charge is 2.49. The number of carbonyl (C=O) groups excluding carboxylic acids is 1. The van der Waals surface area contributed by atoms with Crippen molar-refractivity contribution in [3.8, 4) is 27.8 Å². The maximum atomic E-state index is 12.8. The number of rotatable bonds is 12. The molecule has 0 saturated heterocycles. The van der Waals surface area contributed by atoms with Gasteiger partial charge in [0.1, 0.15) is 16.5 Å². The number of aliphatic carboxylic acids is 1. The average molecular weight is 485 g/mol. The molecule has 1 unspecified atom stereocenters. The fraction of sp³-hybridized carbons (Fsp3) is 0.360. The van der Waals surface area contributed by atoms with E-state index < -0.39 is 17.2 Å². The first-order valence-corrected chi connectivity index (χ1v) is 11.9. The van der Waals surface area contributed by atoms with Crippen molar-refractivity contribution >= 4 is 23.1 Å². The average Bonchev–Trinajstić information content (AvgIpc) is 3.28. The van der Waals surface area contributed by atoms with E-state index in [0.29, 0.717) is 42.0 Å². The van der Waals surface area contributed by atoms with E-state index in [1.165, 1.54) is 24.5 Å². The van der Waals surface area contributed by atoms with E-state index in [1.54, 1.807) is 24.4 Å². The molecule has 9 heteroatoms. The van der Waals surface area contributed by atoms with Crippen LogP contribution in [-0.4, -0.2) is 46.6 Å². The van der Waals surface area contributed by atoms with Gasteiger partial charge < -0.3 is 19.3 Å². The van der Waals surface area contributed by atoms with Crippen molar-refractivity contribution in [1.29, 1.82) is 0 Å². The molecule has 2 aromatic heterocycles. The summed E-state index contributed by atoms with van der Waals surface area (Å²) in [5, 5.41) is 12.7. The number of hydrogen-bond donors (Lipinski definition) is 1. The van der Waals surface area contributed by atoms with Crippen molar-refractivity contribution in [3.05, 3.63) is 53.3 Å². The third-order valence-corrected chi connectivity index (χ3v) is 6.17. The summed E-state index contributed by atoms with van der Waals surface area (Å²) in [5.74, 6) is -0.323. The van der Waals surface area contributed by atoms with E-state index in [9.17, 15) is 14.7 Å². The lowest BCUT2D eigenvalue weighted by Gasteiger charge is -2.27. The molecule has 0 bridgehead atoms. The largest absolute Gasteiger partial charge is 0.492 e. The smallest absolute Gasteiger partial charge is 0.323 e. The number of aromatic nitrogens is 2. The summed E-state index contributed by atoms with van der Waals surface area (Å²) in [7, 11) is 0. The topological polar surface area (TPSA) is 108 Å². The molecule has 180 valence electrons. The molecular weight excluding hydrogens is 456 g/mol. The SMILES string of the molecule is CCOc1ccc(-c2nc(CC(C(C)=O)(C(=O)O)c3ncccc3OCC)cs2)cc1OCC. The highest BCUT2D eigenvalue weighted by atomic mass is 32.1. The molecule has 0 aliphatic heterocycles. The van der Waals surface area contributed by atoms with Gasteiger partial charge in [0.25, 0.3) is 0 Å². The molecule has 1 aromatic carbocycles. The minimum Gasteiger partial charge on any atom is -0.492 e. The summed E-state index contributed by atoms with van der Waals surface area (Å²) in [4.78, 5) is 34.3. The second kappa shape index (κ2) is 11.1. The zero-order valence-corrected chi connectivity index (χ0v) is 20.5. The molecule has 1 atom stereocenters. The van der Waals surface area contributed by atoms with Crippen molar-refractivity contribution in [2.24, 2.45) is 0 Å². The van der Waals surface area contributed by atoms with Gasteiger partial charge in [0.2, 0.25) is 0 Å². The zero-order valence-electron chi connectivity index (χ0n) is 19.7. The summed E-state index contributed by atoms with van der Waals surface area (Å²) in [5.41, 5.74) is -0.574. The lowest BCUT2D eigenvalue weighted by atomic mass is 9.76. The lowest BCUT2D eigenvalue weighted by Crippen LogP contribution is -2.45. The van der Waals surface area contributed by atoms with Gasteiger partial charge in [0.15, 0.2) is 22.7 Å². The normalized spacial score (nSPS) is 12.6. The maximum Gasteiger partial charge on any atom is 0.323 e. The van der Waals surface area contributed by atoms with Crippen molar-refractivity contribution in [2.75, 3.05) is 19.8 Å². The summed E-state index contributed by atoms with van der Waals surface area (Å²) < 4.78 is 16.9. The second-order valence-electron chi connectivity index (χ2n) is 7.40. The van der Waals surface area contributed by atoms with Crippen LogP contribution in [0.3, 0.4) is 0 Å². The second-order valence-corrected chi connectivity index (χ2v) is 8.26. The molecular formula is C25H28N2O6S. The van der Waals surface area contributed by atoms with Gasteiger partial charge in [-0.15, -0.1) is 11.3 Å². The van der Waals surface area contributed by atoms with E-state index in [0.717, 1.165) is 5.56 Å². The van der Waals surface area contributed by atoms with Crippen molar-refractivity contribution < 1.29 is 28.9 Å². The summed E-state index contributed by atoms with van der Waals surface area (Å²) in [6, 6.07) is 8.80. The van der Waals surface area contributed by atoms with Crippen LogP contribution >= 0.6 is 11.3 Å². The van der Waals surface area contributed by atoms with Crippen LogP contribution in [0.25, 0.3) is 10.6 Å². The number of pyridine rings is 1. The molecule has 0 aliphatic carbocycles. The van der Waals surface area contributed by atoms with Crippen LogP contribution in [0.15, 0.2) is 41.9 Å². The van der Waals surface area contributed by atoms with Crippen LogP contribution in [0.5, 0.6) is 17.2 Å². The molecule has 0 aliphatic rings. The Labute approximate surface area is 202 Å². The highest BCUT2D eigenvalue weighted by Crippen LogP contribution is 2.38. The van der Waals surface area contributed by atoms with Crippen molar-refractivity contribution in [2.45, 2.75) is 39.5 Å². The Morgan fingerprint density at radius 1 is 1.00 bits per heavy atom. The molecule has 8 nitrogen and oxygen atoms in total. The van der Waals surface area contributed by atoms with Gasteiger partial charge in [-0.25, -0.2) is 4.98 Å². The minimum atomic E-state index is -1.92. The number of ether oxygens (including phenoxy) is 3. The van der Waals surface area contributed by atoms with Gasteiger partial charge in [-0.2, -0.15) is 0 Å². The van der Waals surface area contributed by atoms with E-state index in [-0.39, 0.29) is 17.9 Å². The standard InChI is InChI=1S/C25H28N2O6S/c1-5-31-19-11-10-17(13-21(19)33-7-3)23-27-18(15-34-23)14-25(16(4)28,24(29)30)22-20(32-6-2)9-8-12-26-22/h8-13,15H,5-7,14H2,1-4H3,(H,29,30). The number of thiazole rings is 1. The molecule has 1 N–H and O–H groups in total. The van der Waals surface area contributed by atoms with Gasteiger partial charge in [0, 0.05) is 23.6 Å². The van der Waals surface area contributed by atoms with Crippen LogP contribution in [0.4, 0.5) is 0 Å². The van der Waals surface area contributed by atoms with Crippen LogP contribution in [0.1, 0.15) is 39.1 Å². The van der Waals surface area contributed by atoms with Crippen LogP contribution in [0, 0.1) is 0 Å². The number of carbonyl (C=O) groups is 2. The number of ketones is 1. The molecule has 0 radical (unpaired) electrons. The first-order chi connectivity index (χ1) is 16.4. The predicted octanol–water partition coefficient (Wildman–Crippen LogP) is 4.56. The highest BCUT2D eigenvalue weighted by molar-refractivity contribution is 7.13. The zero-order chi connectivity index (χ0) is 24.7. The lowest BCUT2D eigenvalue weighted by molar-refractivity contribution is -0.148. The Bertz CT molecular complexity index is 1150. The maximum absolute atomic E-state index is 12.8. The van der Waals surface area contributed by atoms with E-state index in [2.05, 4.69) is 9.97 Å². The minimum absolute atomic E-state index is 0.0751. The number of benzene rings is 1. The number of carboxylic acid groups (broad SMARTS) is 1. The third kappa shape index (κ3) is 5.04. The predicted molar refractivity (Wildman–Crippen MR) is 129 cm³/mol. The van der Waals surface area contributed by atoms with Crippen molar-refractivity contribution in [1.82, 2.24) is 9.97 Å². The van der Waals surface area contributed by atoms with Crippen LogP contribution < -0.4 is 14.2 Å². The third-order valence-electron chi connectivity index (χ3n) is 5.23. The fourth-order valence-corrected chi connectivity index (χ4v) is 4.48. The van der Waals surface area contributed by atoms with Crippen LogP contribution in [-0.2, 0) is 21.4 Å². The van der Waals surface area contributed by atoms with Gasteiger partial charge in [-0.1, -0.05) is 0 Å². The van der Waals surface area contributed by atoms with Crippen molar-refractivity contribution in [3.63, 3.8) is 0 Å². The Balaban J connectivity index is 2.02. The summed E-state index contributed by atoms with van der Waals surface area (Å²) >= 11 is 1.36. The molecule has 0 saturated carbocycles. The van der Waals surface area contributed by atoms with Gasteiger partial charge in [-0.05, 0) is 58.0 Å². The molecule has 3 rings (SSSR count). The molecule has 0 amide bonds. The van der Waals surface area contributed by atoms with Gasteiger partial charge in [0.05, 0.1) is 25.5 Å². The molecule has 2 heterocycles. The Kier molecular flexibility index (Phi) is 8.22. The Morgan fingerprint density at radius 3 is 2.32 bits per heavy atom. The van der Waals surface area contributed by atoms with Gasteiger partial charge in [-0.3, -0.25) is 14.6 Å². The summed E-state index contributed by atoms with van der Waals surface area (Å²) in [6.45, 7) is 8.15. The first-order valence-electron chi connectivity index (χ1n) is 11.0. The number of Topliss-reactive ketones (excluding diaryl/α,β-unsaturated/α-hetero) is 1. The molecule has 3 aromatic rings.